The molecule has 0 bridgehead atoms. The summed E-state index contributed by atoms with van der Waals surface area (Å²) in [7, 11) is 0. The zero-order valence-electron chi connectivity index (χ0n) is 4.09. The topological polar surface area (TPSA) is 35.5 Å². The van der Waals surface area contributed by atoms with E-state index in [1.165, 1.54) is 6.08 Å². The molecule has 0 saturated carbocycles. The predicted octanol–water partition coefficient (Wildman–Crippen LogP) is 0.922. The standard InChI is InChI=1S/C4H5FO3/c1-2-3-4(6)7-8-5/h2H,1,3H2. The summed E-state index contributed by atoms with van der Waals surface area (Å²) in [5.41, 5.74) is 0. The van der Waals surface area contributed by atoms with Crippen molar-refractivity contribution >= 4 is 5.97 Å². The van der Waals surface area contributed by atoms with Gasteiger partial charge in [0.15, 0.2) is 0 Å². The van der Waals surface area contributed by atoms with Crippen molar-refractivity contribution < 1.29 is 19.3 Å². The van der Waals surface area contributed by atoms with E-state index in [1.54, 1.807) is 0 Å². The molecular weight excluding hydrogens is 115 g/mol. The summed E-state index contributed by atoms with van der Waals surface area (Å²) in [6, 6.07) is 0. The summed E-state index contributed by atoms with van der Waals surface area (Å²) in [6.45, 7) is 3.20. The van der Waals surface area contributed by atoms with E-state index in [0.29, 0.717) is 0 Å². The smallest absolute Gasteiger partial charge is 0.265 e. The monoisotopic (exact) mass is 120 g/mol. The number of carbonyl (C=O) groups excluding carboxylic acids is 1. The normalized spacial score (nSPS) is 8.12. The molecule has 8 heavy (non-hydrogen) atoms. The number of halogens is 1. The van der Waals surface area contributed by atoms with Crippen LogP contribution in [-0.2, 0) is 14.8 Å². The van der Waals surface area contributed by atoms with E-state index in [1.807, 2.05) is 0 Å². The zero-order valence-corrected chi connectivity index (χ0v) is 4.09. The minimum atomic E-state index is -0.803. The molecule has 0 N–H and O–H groups in total. The van der Waals surface area contributed by atoms with Gasteiger partial charge in [-0.05, 0) is 4.53 Å². The molecule has 0 aliphatic carbocycles. The van der Waals surface area contributed by atoms with Gasteiger partial charge in [0.1, 0.15) is 0 Å². The molecule has 0 heterocycles. The molecule has 0 rings (SSSR count). The van der Waals surface area contributed by atoms with E-state index >= 15 is 0 Å². The number of hydrogen-bond donors (Lipinski definition) is 0. The van der Waals surface area contributed by atoms with E-state index in [0.717, 1.165) is 0 Å². The average molecular weight is 120 g/mol. The van der Waals surface area contributed by atoms with Crippen LogP contribution in [0.2, 0.25) is 0 Å². The molecule has 0 aromatic rings. The molecule has 0 saturated heterocycles. The van der Waals surface area contributed by atoms with Gasteiger partial charge < -0.3 is 0 Å². The summed E-state index contributed by atoms with van der Waals surface area (Å²) in [5, 5.41) is 2.56. The zero-order chi connectivity index (χ0) is 6.41. The van der Waals surface area contributed by atoms with Crippen LogP contribution in [-0.4, -0.2) is 5.97 Å². The summed E-state index contributed by atoms with van der Waals surface area (Å²) in [6.07, 6.45) is 1.23. The van der Waals surface area contributed by atoms with Crippen LogP contribution in [0.3, 0.4) is 0 Å². The van der Waals surface area contributed by atoms with Crippen LogP contribution in [0.1, 0.15) is 6.42 Å². The van der Waals surface area contributed by atoms with Gasteiger partial charge in [0.25, 0.3) is 0 Å². The van der Waals surface area contributed by atoms with Crippen molar-refractivity contribution in [1.82, 2.24) is 0 Å². The second kappa shape index (κ2) is 4.26. The molecule has 0 spiro atoms. The lowest BCUT2D eigenvalue weighted by Gasteiger charge is -1.87. The first-order valence-corrected chi connectivity index (χ1v) is 1.90. The van der Waals surface area contributed by atoms with Gasteiger partial charge in [-0.2, -0.15) is 0 Å². The van der Waals surface area contributed by atoms with Crippen LogP contribution in [0.15, 0.2) is 12.7 Å². The molecule has 46 valence electrons. The summed E-state index contributed by atoms with van der Waals surface area (Å²) < 4.78 is 10.6. The molecule has 0 unspecified atom stereocenters. The maximum atomic E-state index is 10.6. The van der Waals surface area contributed by atoms with E-state index < -0.39 is 5.97 Å². The van der Waals surface area contributed by atoms with Crippen LogP contribution in [0, 0.1) is 0 Å². The molecule has 4 heteroatoms. The Labute approximate surface area is 45.5 Å². The molecule has 0 amide bonds. The van der Waals surface area contributed by atoms with Crippen molar-refractivity contribution in [2.75, 3.05) is 0 Å². The number of rotatable bonds is 3. The van der Waals surface area contributed by atoms with Gasteiger partial charge >= 0.3 is 5.97 Å². The minimum Gasteiger partial charge on any atom is -0.265 e. The lowest BCUT2D eigenvalue weighted by Crippen LogP contribution is -1.98. The first-order chi connectivity index (χ1) is 3.81. The van der Waals surface area contributed by atoms with Crippen LogP contribution < -0.4 is 0 Å². The Morgan fingerprint density at radius 1 is 1.88 bits per heavy atom. The van der Waals surface area contributed by atoms with Gasteiger partial charge in [0.05, 0.1) is 6.42 Å². The van der Waals surface area contributed by atoms with Crippen molar-refractivity contribution in [3.63, 3.8) is 0 Å². The number of carbonyl (C=O) groups is 1. The Bertz CT molecular complexity index is 91.3. The molecule has 0 aliphatic rings. The molecule has 0 atom stereocenters. The van der Waals surface area contributed by atoms with Gasteiger partial charge in [-0.15, -0.1) is 6.58 Å². The summed E-state index contributed by atoms with van der Waals surface area (Å²) in [4.78, 5) is 13.4. The fraction of sp³-hybridized carbons (Fsp3) is 0.250. The van der Waals surface area contributed by atoms with Crippen molar-refractivity contribution in [3.8, 4) is 0 Å². The first kappa shape index (κ1) is 7.10. The molecular formula is C4H5FO3. The average Bonchev–Trinajstić information content (AvgIpc) is 1.68. The Hall–Kier alpha value is -0.900. The Morgan fingerprint density at radius 3 is 2.88 bits per heavy atom. The molecule has 0 fully saturated rings. The Kier molecular flexibility index (Phi) is 3.78. The lowest BCUT2D eigenvalue weighted by molar-refractivity contribution is -0.398. The highest BCUT2D eigenvalue weighted by Gasteiger charge is 1.97. The van der Waals surface area contributed by atoms with E-state index in [9.17, 15) is 9.32 Å². The van der Waals surface area contributed by atoms with Crippen LogP contribution in [0.4, 0.5) is 4.53 Å². The van der Waals surface area contributed by atoms with Gasteiger partial charge in [-0.1, -0.05) is 6.08 Å². The highest BCUT2D eigenvalue weighted by Crippen LogP contribution is 1.86. The Balaban J connectivity index is 3.18. The third kappa shape index (κ3) is 3.30. The van der Waals surface area contributed by atoms with Crippen LogP contribution in [0.25, 0.3) is 0 Å². The molecule has 3 nitrogen and oxygen atoms in total. The third-order valence-electron chi connectivity index (χ3n) is 0.435. The van der Waals surface area contributed by atoms with Gasteiger partial charge in [0, 0.05) is 5.09 Å². The van der Waals surface area contributed by atoms with Crippen LogP contribution in [0.5, 0.6) is 0 Å². The van der Waals surface area contributed by atoms with Gasteiger partial charge in [0.2, 0.25) is 0 Å². The second-order valence-corrected chi connectivity index (χ2v) is 1.01. The number of hydrogen-bond acceptors (Lipinski definition) is 3. The SMILES string of the molecule is C=CCC(=O)OOF. The predicted molar refractivity (Wildman–Crippen MR) is 23.1 cm³/mol. The molecule has 0 aromatic carbocycles. The summed E-state index contributed by atoms with van der Waals surface area (Å²) in [5.74, 6) is -0.803. The molecule has 0 radical (unpaired) electrons. The van der Waals surface area contributed by atoms with Crippen molar-refractivity contribution in [2.45, 2.75) is 6.42 Å². The lowest BCUT2D eigenvalue weighted by atomic mass is 10.4. The van der Waals surface area contributed by atoms with E-state index in [-0.39, 0.29) is 6.42 Å². The van der Waals surface area contributed by atoms with Crippen LogP contribution >= 0.6 is 0 Å². The van der Waals surface area contributed by atoms with Crippen molar-refractivity contribution in [2.24, 2.45) is 0 Å². The minimum absolute atomic E-state index is 0.0517. The summed E-state index contributed by atoms with van der Waals surface area (Å²) >= 11 is 0. The van der Waals surface area contributed by atoms with Gasteiger partial charge in [-0.25, -0.2) is 4.79 Å². The maximum absolute atomic E-state index is 10.6. The molecule has 0 aliphatic heterocycles. The fourth-order valence-electron chi connectivity index (χ4n) is 0.187. The molecule has 0 aromatic heterocycles. The highest BCUT2D eigenvalue weighted by atomic mass is 19.3. The first-order valence-electron chi connectivity index (χ1n) is 1.90. The third-order valence-corrected chi connectivity index (χ3v) is 0.435. The fourth-order valence-corrected chi connectivity index (χ4v) is 0.187. The quantitative estimate of drug-likeness (QED) is 0.315. The van der Waals surface area contributed by atoms with E-state index in [2.05, 4.69) is 16.6 Å². The largest absolute Gasteiger partial charge is 0.349 e. The van der Waals surface area contributed by atoms with E-state index in [4.69, 9.17) is 0 Å². The second-order valence-electron chi connectivity index (χ2n) is 1.01. The Morgan fingerprint density at radius 2 is 2.50 bits per heavy atom. The van der Waals surface area contributed by atoms with Crippen molar-refractivity contribution in [3.05, 3.63) is 12.7 Å². The highest BCUT2D eigenvalue weighted by molar-refractivity contribution is 5.70. The maximum Gasteiger partial charge on any atom is 0.349 e. The van der Waals surface area contributed by atoms with Crippen molar-refractivity contribution in [1.29, 1.82) is 0 Å². The van der Waals surface area contributed by atoms with Gasteiger partial charge in [-0.3, -0.25) is 4.89 Å².